The summed E-state index contributed by atoms with van der Waals surface area (Å²) in [6.07, 6.45) is 6.15. The molecule has 156 valence electrons. The van der Waals surface area contributed by atoms with E-state index < -0.39 is 0 Å². The monoisotopic (exact) mass is 422 g/mol. The van der Waals surface area contributed by atoms with E-state index in [0.717, 1.165) is 42.8 Å². The first-order valence-corrected chi connectivity index (χ1v) is 11.0. The topological polar surface area (TPSA) is 105 Å². The van der Waals surface area contributed by atoms with E-state index in [4.69, 9.17) is 5.73 Å². The van der Waals surface area contributed by atoms with Gasteiger partial charge >= 0.3 is 0 Å². The molecule has 1 saturated heterocycles. The van der Waals surface area contributed by atoms with Crippen LogP contribution in [0.4, 0.5) is 17.3 Å². The average Bonchev–Trinajstić information content (AvgIpc) is 3.31. The molecule has 7 nitrogen and oxygen atoms in total. The first kappa shape index (κ1) is 20.3. The number of benzene rings is 1. The maximum absolute atomic E-state index is 12.7. The lowest BCUT2D eigenvalue weighted by Crippen LogP contribution is -2.47. The van der Waals surface area contributed by atoms with Gasteiger partial charge in [0.1, 0.15) is 0 Å². The fraction of sp³-hybridized carbons (Fsp3) is 0.318. The van der Waals surface area contributed by atoms with Gasteiger partial charge in [0, 0.05) is 22.8 Å². The van der Waals surface area contributed by atoms with Crippen LogP contribution in [0, 0.1) is 0 Å². The van der Waals surface area contributed by atoms with Crippen molar-refractivity contribution in [1.29, 1.82) is 0 Å². The van der Waals surface area contributed by atoms with Gasteiger partial charge in [-0.2, -0.15) is 0 Å². The summed E-state index contributed by atoms with van der Waals surface area (Å²) < 4.78 is 0. The summed E-state index contributed by atoms with van der Waals surface area (Å²) in [6.45, 7) is 4.13. The highest BCUT2D eigenvalue weighted by atomic mass is 32.1. The molecule has 2 aromatic heterocycles. The molecule has 8 heteroatoms. The maximum Gasteiger partial charge on any atom is 0.258 e. The first-order valence-electron chi connectivity index (χ1n) is 10.1. The summed E-state index contributed by atoms with van der Waals surface area (Å²) in [5.41, 5.74) is 8.56. The zero-order valence-corrected chi connectivity index (χ0v) is 17.8. The van der Waals surface area contributed by atoms with Crippen molar-refractivity contribution in [3.63, 3.8) is 0 Å². The van der Waals surface area contributed by atoms with Crippen molar-refractivity contribution < 1.29 is 4.79 Å². The molecule has 0 bridgehead atoms. The van der Waals surface area contributed by atoms with Gasteiger partial charge in [-0.25, -0.2) is 9.97 Å². The van der Waals surface area contributed by atoms with Gasteiger partial charge in [0.15, 0.2) is 0 Å². The van der Waals surface area contributed by atoms with Crippen LogP contribution in [0.5, 0.6) is 0 Å². The van der Waals surface area contributed by atoms with Gasteiger partial charge in [-0.1, -0.05) is 19.1 Å². The molecule has 5 N–H and O–H groups in total. The number of carbonyl (C=O) groups is 1. The number of aromatic nitrogens is 2. The fourth-order valence-corrected chi connectivity index (χ4v) is 4.40. The van der Waals surface area contributed by atoms with E-state index in [0.29, 0.717) is 22.9 Å². The number of nitrogens with zero attached hydrogens (tertiary/aromatic N) is 2. The minimum absolute atomic E-state index is 0.00566. The highest BCUT2D eigenvalue weighted by Gasteiger charge is 2.30. The van der Waals surface area contributed by atoms with Crippen molar-refractivity contribution in [2.75, 3.05) is 29.5 Å². The minimum atomic E-state index is -0.288. The van der Waals surface area contributed by atoms with Crippen LogP contribution in [-0.2, 0) is 0 Å². The molecule has 0 atom stereocenters. The van der Waals surface area contributed by atoms with E-state index in [9.17, 15) is 4.79 Å². The summed E-state index contributed by atoms with van der Waals surface area (Å²) in [7, 11) is 0. The Morgan fingerprint density at radius 1 is 1.23 bits per heavy atom. The van der Waals surface area contributed by atoms with Gasteiger partial charge in [0.2, 0.25) is 5.95 Å². The molecule has 3 heterocycles. The number of anilines is 3. The van der Waals surface area contributed by atoms with Crippen molar-refractivity contribution in [3.8, 4) is 10.4 Å². The number of nitrogens with two attached hydrogens (primary N) is 1. The Hall–Kier alpha value is -2.97. The van der Waals surface area contributed by atoms with Crippen LogP contribution in [0.15, 0.2) is 48.1 Å². The molecule has 1 aliphatic rings. The smallest absolute Gasteiger partial charge is 0.258 e. The molecule has 0 aliphatic carbocycles. The van der Waals surface area contributed by atoms with Crippen LogP contribution in [-0.4, -0.2) is 34.5 Å². The third-order valence-electron chi connectivity index (χ3n) is 5.64. The number of piperidine rings is 1. The SMILES string of the molecule is CCC1(Nc2ncc(C(=O)Nc3cc(-c4cccs4)ccc3N)cn2)CCNCC1. The Kier molecular flexibility index (Phi) is 5.96. The second kappa shape index (κ2) is 8.81. The Balaban J connectivity index is 1.46. The third kappa shape index (κ3) is 4.44. The van der Waals surface area contributed by atoms with E-state index in [-0.39, 0.29) is 11.4 Å². The summed E-state index contributed by atoms with van der Waals surface area (Å²) >= 11 is 1.64. The highest BCUT2D eigenvalue weighted by molar-refractivity contribution is 7.13. The summed E-state index contributed by atoms with van der Waals surface area (Å²) in [5, 5.41) is 11.8. The normalized spacial score (nSPS) is 15.5. The van der Waals surface area contributed by atoms with Gasteiger partial charge in [-0.05, 0) is 61.5 Å². The fourth-order valence-electron chi connectivity index (χ4n) is 3.67. The van der Waals surface area contributed by atoms with E-state index in [1.807, 2.05) is 29.6 Å². The maximum atomic E-state index is 12.7. The van der Waals surface area contributed by atoms with Gasteiger partial charge in [0.25, 0.3) is 5.91 Å². The van der Waals surface area contributed by atoms with E-state index in [1.54, 1.807) is 29.8 Å². The molecule has 1 fully saturated rings. The lowest BCUT2D eigenvalue weighted by molar-refractivity contribution is 0.102. The lowest BCUT2D eigenvalue weighted by atomic mass is 9.86. The van der Waals surface area contributed by atoms with Crippen molar-refractivity contribution in [2.45, 2.75) is 31.7 Å². The van der Waals surface area contributed by atoms with Gasteiger partial charge in [-0.15, -0.1) is 11.3 Å². The molecule has 4 rings (SSSR count). The molecular formula is C22H26N6OS. The van der Waals surface area contributed by atoms with Crippen LogP contribution < -0.4 is 21.7 Å². The van der Waals surface area contributed by atoms with Gasteiger partial charge in [-0.3, -0.25) is 4.79 Å². The van der Waals surface area contributed by atoms with E-state index in [1.165, 1.54) is 0 Å². The molecular weight excluding hydrogens is 396 g/mol. The predicted octanol–water partition coefficient (Wildman–Crippen LogP) is 3.98. The Bertz CT molecular complexity index is 997. The summed E-state index contributed by atoms with van der Waals surface area (Å²) in [6, 6.07) is 9.67. The van der Waals surface area contributed by atoms with E-state index in [2.05, 4.69) is 32.8 Å². The number of nitrogens with one attached hydrogen (secondary N) is 3. The van der Waals surface area contributed by atoms with Crippen molar-refractivity contribution in [1.82, 2.24) is 15.3 Å². The Labute approximate surface area is 180 Å². The molecule has 3 aromatic rings. The predicted molar refractivity (Wildman–Crippen MR) is 123 cm³/mol. The van der Waals surface area contributed by atoms with Crippen LogP contribution in [0.1, 0.15) is 36.5 Å². The van der Waals surface area contributed by atoms with Crippen LogP contribution in [0.25, 0.3) is 10.4 Å². The van der Waals surface area contributed by atoms with Crippen LogP contribution in [0.2, 0.25) is 0 Å². The number of amides is 1. The Morgan fingerprint density at radius 2 is 2.00 bits per heavy atom. The number of hydrogen-bond acceptors (Lipinski definition) is 7. The molecule has 0 unspecified atom stereocenters. The zero-order chi connectivity index (χ0) is 21.0. The largest absolute Gasteiger partial charge is 0.397 e. The van der Waals surface area contributed by atoms with Crippen molar-refractivity contribution in [2.24, 2.45) is 0 Å². The van der Waals surface area contributed by atoms with Gasteiger partial charge in [0.05, 0.1) is 16.9 Å². The number of carbonyl (C=O) groups excluding carboxylic acids is 1. The molecule has 0 spiro atoms. The molecule has 0 radical (unpaired) electrons. The highest BCUT2D eigenvalue weighted by Crippen LogP contribution is 2.30. The molecule has 1 aliphatic heterocycles. The van der Waals surface area contributed by atoms with Crippen LogP contribution >= 0.6 is 11.3 Å². The molecule has 1 amide bonds. The quantitative estimate of drug-likeness (QED) is 0.448. The van der Waals surface area contributed by atoms with Crippen molar-refractivity contribution in [3.05, 3.63) is 53.7 Å². The number of hydrogen-bond donors (Lipinski definition) is 4. The van der Waals surface area contributed by atoms with Gasteiger partial charge < -0.3 is 21.7 Å². The third-order valence-corrected chi connectivity index (χ3v) is 6.55. The lowest BCUT2D eigenvalue weighted by Gasteiger charge is -2.37. The first-order chi connectivity index (χ1) is 14.6. The number of rotatable bonds is 6. The molecule has 0 saturated carbocycles. The molecule has 1 aromatic carbocycles. The average molecular weight is 423 g/mol. The minimum Gasteiger partial charge on any atom is -0.397 e. The molecule has 30 heavy (non-hydrogen) atoms. The zero-order valence-electron chi connectivity index (χ0n) is 16.9. The second-order valence-corrected chi connectivity index (χ2v) is 8.49. The Morgan fingerprint density at radius 3 is 2.67 bits per heavy atom. The summed E-state index contributed by atoms with van der Waals surface area (Å²) in [5.74, 6) is 0.262. The second-order valence-electron chi connectivity index (χ2n) is 7.54. The summed E-state index contributed by atoms with van der Waals surface area (Å²) in [4.78, 5) is 22.6. The van der Waals surface area contributed by atoms with Crippen molar-refractivity contribution >= 4 is 34.6 Å². The van der Waals surface area contributed by atoms with Crippen LogP contribution in [0.3, 0.4) is 0 Å². The van der Waals surface area contributed by atoms with E-state index >= 15 is 0 Å². The number of nitrogen functional groups attached to an aromatic ring is 1. The number of thiophene rings is 1. The standard InChI is InChI=1S/C22H26N6OS/c1-2-22(7-9-24-10-8-22)28-21-25-13-16(14-26-21)20(29)27-18-12-15(5-6-17(18)23)19-4-3-11-30-19/h3-6,11-14,24H,2,7-10,23H2,1H3,(H,27,29)(H,25,26,28).